The van der Waals surface area contributed by atoms with Crippen LogP contribution in [0.5, 0.6) is 0 Å². The minimum absolute atomic E-state index is 0.135. The Kier molecular flexibility index (Phi) is 5.00. The molecule has 1 heterocycles. The van der Waals surface area contributed by atoms with Crippen molar-refractivity contribution in [3.05, 3.63) is 54.1 Å². The predicted molar refractivity (Wildman–Crippen MR) is 104 cm³/mol. The first kappa shape index (κ1) is 17.4. The number of nitrogens with one attached hydrogen (secondary N) is 1. The fourth-order valence-corrected chi connectivity index (χ4v) is 2.73. The molecule has 25 heavy (non-hydrogen) atoms. The van der Waals surface area contributed by atoms with Gasteiger partial charge in [0, 0.05) is 24.6 Å². The molecule has 0 saturated carbocycles. The van der Waals surface area contributed by atoms with Gasteiger partial charge in [0.05, 0.1) is 12.1 Å². The Bertz CT molecular complexity index is 851. The van der Waals surface area contributed by atoms with Crippen LogP contribution in [-0.4, -0.2) is 30.2 Å². The van der Waals surface area contributed by atoms with Crippen LogP contribution in [0.2, 0.25) is 0 Å². The zero-order chi connectivity index (χ0) is 17.9. The van der Waals surface area contributed by atoms with E-state index in [4.69, 9.17) is 14.7 Å². The van der Waals surface area contributed by atoms with Crippen LogP contribution in [0.1, 0.15) is 26.3 Å². The van der Waals surface area contributed by atoms with E-state index in [9.17, 15) is 0 Å². The summed E-state index contributed by atoms with van der Waals surface area (Å²) in [5.74, 6) is 1.58. The molecule has 0 aliphatic rings. The highest BCUT2D eigenvalue weighted by Gasteiger charge is 2.14. The fraction of sp³-hybridized carbons (Fsp3) is 0.333. The summed E-state index contributed by atoms with van der Waals surface area (Å²) in [5, 5.41) is 4.38. The van der Waals surface area contributed by atoms with Crippen molar-refractivity contribution in [2.24, 2.45) is 0 Å². The van der Waals surface area contributed by atoms with Gasteiger partial charge in [-0.3, -0.25) is 0 Å². The molecule has 0 saturated heterocycles. The van der Waals surface area contributed by atoms with Gasteiger partial charge in [-0.05, 0) is 23.1 Å². The third-order valence-corrected chi connectivity index (χ3v) is 4.21. The first-order chi connectivity index (χ1) is 12.0. The molecule has 2 aromatic carbocycles. The highest BCUT2D eigenvalue weighted by molar-refractivity contribution is 5.90. The van der Waals surface area contributed by atoms with Crippen LogP contribution in [0.3, 0.4) is 0 Å². The molecule has 0 spiro atoms. The number of benzene rings is 2. The molecular formula is C21H25N3O. The number of hydrogen-bond acceptors (Lipinski definition) is 4. The van der Waals surface area contributed by atoms with Crippen LogP contribution in [0.4, 0.5) is 5.82 Å². The molecule has 0 bridgehead atoms. The zero-order valence-corrected chi connectivity index (χ0v) is 15.3. The van der Waals surface area contributed by atoms with E-state index in [1.165, 1.54) is 5.56 Å². The molecule has 3 aromatic rings. The van der Waals surface area contributed by atoms with E-state index < -0.39 is 0 Å². The Hall–Kier alpha value is -2.46. The summed E-state index contributed by atoms with van der Waals surface area (Å²) in [4.78, 5) is 9.50. The molecule has 0 aliphatic heterocycles. The highest BCUT2D eigenvalue weighted by Crippen LogP contribution is 2.27. The Balaban J connectivity index is 2.01. The monoisotopic (exact) mass is 335 g/mol. The second-order valence-electron chi connectivity index (χ2n) is 7.16. The Morgan fingerprint density at radius 1 is 0.960 bits per heavy atom. The third-order valence-electron chi connectivity index (χ3n) is 4.21. The maximum absolute atomic E-state index is 5.13. The number of aromatic nitrogens is 2. The van der Waals surface area contributed by atoms with E-state index in [1.807, 2.05) is 24.3 Å². The van der Waals surface area contributed by atoms with Crippen molar-refractivity contribution < 1.29 is 4.74 Å². The number of ether oxygens (including phenoxy) is 1. The van der Waals surface area contributed by atoms with Gasteiger partial charge < -0.3 is 10.1 Å². The lowest BCUT2D eigenvalue weighted by Gasteiger charge is -2.19. The number of anilines is 1. The predicted octanol–water partition coefficient (Wildman–Crippen LogP) is 4.65. The van der Waals surface area contributed by atoms with Gasteiger partial charge in [-0.15, -0.1) is 0 Å². The van der Waals surface area contributed by atoms with E-state index in [0.29, 0.717) is 13.2 Å². The summed E-state index contributed by atoms with van der Waals surface area (Å²) < 4.78 is 5.13. The van der Waals surface area contributed by atoms with Crippen molar-refractivity contribution in [1.82, 2.24) is 9.97 Å². The minimum Gasteiger partial charge on any atom is -0.383 e. The van der Waals surface area contributed by atoms with E-state index in [-0.39, 0.29) is 5.41 Å². The van der Waals surface area contributed by atoms with E-state index in [1.54, 1.807) is 7.11 Å². The summed E-state index contributed by atoms with van der Waals surface area (Å²) in [5.41, 5.74) is 3.40. The lowest BCUT2D eigenvalue weighted by Crippen LogP contribution is -2.11. The molecule has 0 atom stereocenters. The number of rotatable bonds is 5. The summed E-state index contributed by atoms with van der Waals surface area (Å²) >= 11 is 0. The first-order valence-electron chi connectivity index (χ1n) is 8.59. The van der Waals surface area contributed by atoms with Crippen LogP contribution < -0.4 is 5.32 Å². The van der Waals surface area contributed by atoms with E-state index in [2.05, 4.69) is 50.4 Å². The molecule has 0 amide bonds. The lowest BCUT2D eigenvalue weighted by molar-refractivity contribution is 0.210. The number of fused-ring (bicyclic) bond motifs is 1. The van der Waals surface area contributed by atoms with Crippen LogP contribution >= 0.6 is 0 Å². The van der Waals surface area contributed by atoms with Crippen molar-refractivity contribution >= 4 is 16.7 Å². The van der Waals surface area contributed by atoms with Crippen LogP contribution in [0.15, 0.2) is 48.5 Å². The maximum atomic E-state index is 5.13. The van der Waals surface area contributed by atoms with Gasteiger partial charge in [-0.25, -0.2) is 9.97 Å². The van der Waals surface area contributed by atoms with Gasteiger partial charge in [0.15, 0.2) is 5.82 Å². The normalized spacial score (nSPS) is 11.7. The topological polar surface area (TPSA) is 47.0 Å². The Morgan fingerprint density at radius 3 is 2.36 bits per heavy atom. The Labute approximate surface area is 149 Å². The number of para-hydroxylation sites is 1. The van der Waals surface area contributed by atoms with Crippen molar-refractivity contribution in [3.8, 4) is 11.4 Å². The average molecular weight is 335 g/mol. The van der Waals surface area contributed by atoms with Crippen molar-refractivity contribution in [2.75, 3.05) is 25.6 Å². The van der Waals surface area contributed by atoms with Gasteiger partial charge >= 0.3 is 0 Å². The van der Waals surface area contributed by atoms with Crippen molar-refractivity contribution in [2.45, 2.75) is 26.2 Å². The molecule has 1 N–H and O–H groups in total. The SMILES string of the molecule is COCCNc1nc(-c2ccc(C(C)(C)C)cc2)nc2ccccc12. The summed E-state index contributed by atoms with van der Waals surface area (Å²) in [6, 6.07) is 16.6. The standard InChI is InChI=1S/C21H25N3O/c1-21(2,3)16-11-9-15(10-12-16)19-23-18-8-6-5-7-17(18)20(24-19)22-13-14-25-4/h5-12H,13-14H2,1-4H3,(H,22,23,24). The highest BCUT2D eigenvalue weighted by atomic mass is 16.5. The lowest BCUT2D eigenvalue weighted by atomic mass is 9.87. The number of methoxy groups -OCH3 is 1. The van der Waals surface area contributed by atoms with Crippen molar-refractivity contribution in [3.63, 3.8) is 0 Å². The van der Waals surface area contributed by atoms with E-state index in [0.717, 1.165) is 28.1 Å². The third kappa shape index (κ3) is 3.97. The molecule has 0 unspecified atom stereocenters. The number of nitrogens with zero attached hydrogens (tertiary/aromatic N) is 2. The number of hydrogen-bond donors (Lipinski definition) is 1. The molecular weight excluding hydrogens is 310 g/mol. The van der Waals surface area contributed by atoms with Crippen LogP contribution in [0, 0.1) is 0 Å². The average Bonchev–Trinajstić information content (AvgIpc) is 2.61. The summed E-state index contributed by atoms with van der Waals surface area (Å²) in [6.45, 7) is 7.99. The minimum atomic E-state index is 0.135. The van der Waals surface area contributed by atoms with Gasteiger partial charge in [-0.2, -0.15) is 0 Å². The summed E-state index contributed by atoms with van der Waals surface area (Å²) in [6.07, 6.45) is 0. The zero-order valence-electron chi connectivity index (χ0n) is 15.3. The van der Waals surface area contributed by atoms with Crippen molar-refractivity contribution in [1.29, 1.82) is 0 Å². The smallest absolute Gasteiger partial charge is 0.162 e. The second-order valence-corrected chi connectivity index (χ2v) is 7.16. The molecule has 4 heteroatoms. The molecule has 0 aliphatic carbocycles. The van der Waals surface area contributed by atoms with Gasteiger partial charge in [0.2, 0.25) is 0 Å². The van der Waals surface area contributed by atoms with E-state index >= 15 is 0 Å². The van der Waals surface area contributed by atoms with Gasteiger partial charge in [-0.1, -0.05) is 57.2 Å². The molecule has 0 fully saturated rings. The first-order valence-corrected chi connectivity index (χ1v) is 8.59. The summed E-state index contributed by atoms with van der Waals surface area (Å²) in [7, 11) is 1.70. The Morgan fingerprint density at radius 2 is 1.68 bits per heavy atom. The van der Waals surface area contributed by atoms with Gasteiger partial charge in [0.1, 0.15) is 5.82 Å². The fourth-order valence-electron chi connectivity index (χ4n) is 2.73. The molecule has 0 radical (unpaired) electrons. The molecule has 3 rings (SSSR count). The largest absolute Gasteiger partial charge is 0.383 e. The maximum Gasteiger partial charge on any atom is 0.162 e. The van der Waals surface area contributed by atoms with Crippen LogP contribution in [0.25, 0.3) is 22.3 Å². The molecule has 4 nitrogen and oxygen atoms in total. The molecule has 1 aromatic heterocycles. The molecule has 130 valence electrons. The second kappa shape index (κ2) is 7.19. The quantitative estimate of drug-likeness (QED) is 0.689. The van der Waals surface area contributed by atoms with Crippen LogP contribution in [-0.2, 0) is 10.2 Å². The van der Waals surface area contributed by atoms with Gasteiger partial charge in [0.25, 0.3) is 0 Å².